The fourth-order valence-corrected chi connectivity index (χ4v) is 1.63. The second-order valence-corrected chi connectivity index (χ2v) is 4.62. The lowest BCUT2D eigenvalue weighted by atomic mass is 10.3. The van der Waals surface area contributed by atoms with E-state index in [-0.39, 0.29) is 0 Å². The number of thiol groups is 1. The van der Waals surface area contributed by atoms with Gasteiger partial charge in [-0.2, -0.15) is 0 Å². The Morgan fingerprint density at radius 2 is 1.92 bits per heavy atom. The molecule has 0 aliphatic heterocycles. The molecule has 0 heterocycles. The van der Waals surface area contributed by atoms with Gasteiger partial charge in [0, 0.05) is 4.90 Å². The van der Waals surface area contributed by atoms with Crippen LogP contribution in [0, 0.1) is 0 Å². The molecule has 0 fully saturated rings. The van der Waals surface area contributed by atoms with Crippen molar-refractivity contribution < 1.29 is 8.42 Å². The number of hydrogen-bond acceptors (Lipinski definition) is 3. The van der Waals surface area contributed by atoms with Crippen molar-refractivity contribution in [3.63, 3.8) is 0 Å². The molecule has 1 rings (SSSR count). The quantitative estimate of drug-likeness (QED) is 0.713. The van der Waals surface area contributed by atoms with E-state index in [0.717, 1.165) is 6.26 Å². The van der Waals surface area contributed by atoms with E-state index in [1.807, 2.05) is 0 Å². The van der Waals surface area contributed by atoms with Gasteiger partial charge in [0.15, 0.2) is 0 Å². The summed E-state index contributed by atoms with van der Waals surface area (Å²) in [5.41, 5.74) is 0.503. The molecular formula is C7H9NO2S2. The molecule has 0 radical (unpaired) electrons. The molecule has 66 valence electrons. The SMILES string of the molecule is CS(=O)(=O)Nc1ccccc1S. The maximum absolute atomic E-state index is 10.8. The van der Waals surface area contributed by atoms with Crippen molar-refractivity contribution in [1.29, 1.82) is 0 Å². The maximum Gasteiger partial charge on any atom is 0.229 e. The van der Waals surface area contributed by atoms with E-state index in [0.29, 0.717) is 10.6 Å². The maximum atomic E-state index is 10.8. The molecule has 12 heavy (non-hydrogen) atoms. The molecule has 1 aromatic carbocycles. The lowest BCUT2D eigenvalue weighted by Gasteiger charge is -2.05. The summed E-state index contributed by atoms with van der Waals surface area (Å²) in [4.78, 5) is 0.614. The smallest absolute Gasteiger partial charge is 0.229 e. The third-order valence-electron chi connectivity index (χ3n) is 1.20. The summed E-state index contributed by atoms with van der Waals surface area (Å²) in [6, 6.07) is 6.91. The van der Waals surface area contributed by atoms with Gasteiger partial charge in [0.1, 0.15) is 0 Å². The van der Waals surface area contributed by atoms with E-state index in [9.17, 15) is 8.42 Å². The van der Waals surface area contributed by atoms with Gasteiger partial charge in [0.25, 0.3) is 0 Å². The Balaban J connectivity index is 2.98. The van der Waals surface area contributed by atoms with Crippen LogP contribution < -0.4 is 4.72 Å². The highest BCUT2D eigenvalue weighted by Gasteiger charge is 2.02. The Hall–Kier alpha value is -0.680. The normalized spacial score (nSPS) is 11.2. The first-order chi connectivity index (χ1) is 5.49. The van der Waals surface area contributed by atoms with E-state index in [1.165, 1.54) is 0 Å². The predicted molar refractivity (Wildman–Crippen MR) is 52.2 cm³/mol. The van der Waals surface area contributed by atoms with Crippen molar-refractivity contribution in [2.24, 2.45) is 0 Å². The Labute approximate surface area is 77.3 Å². The minimum absolute atomic E-state index is 0.503. The van der Waals surface area contributed by atoms with Gasteiger partial charge in [-0.15, -0.1) is 12.6 Å². The molecule has 0 atom stereocenters. The van der Waals surface area contributed by atoms with Crippen LogP contribution in [-0.4, -0.2) is 14.7 Å². The number of rotatable bonds is 2. The second-order valence-electron chi connectivity index (χ2n) is 2.39. The first-order valence-corrected chi connectivity index (χ1v) is 5.59. The fourth-order valence-electron chi connectivity index (χ4n) is 0.760. The van der Waals surface area contributed by atoms with E-state index < -0.39 is 10.0 Å². The zero-order chi connectivity index (χ0) is 9.19. The molecule has 0 unspecified atom stereocenters. The van der Waals surface area contributed by atoms with Crippen molar-refractivity contribution in [3.05, 3.63) is 24.3 Å². The Kier molecular flexibility index (Phi) is 2.64. The molecule has 0 spiro atoms. The van der Waals surface area contributed by atoms with E-state index in [1.54, 1.807) is 24.3 Å². The number of benzene rings is 1. The van der Waals surface area contributed by atoms with Crippen LogP contribution >= 0.6 is 12.6 Å². The number of para-hydroxylation sites is 1. The molecule has 1 N–H and O–H groups in total. The second kappa shape index (κ2) is 3.37. The molecule has 5 heteroatoms. The summed E-state index contributed by atoms with van der Waals surface area (Å²) in [6.45, 7) is 0. The highest BCUT2D eigenvalue weighted by atomic mass is 32.2. The Morgan fingerprint density at radius 1 is 1.33 bits per heavy atom. The Bertz CT molecular complexity index is 373. The van der Waals surface area contributed by atoms with Gasteiger partial charge in [-0.25, -0.2) is 8.42 Å². The molecule has 0 aliphatic carbocycles. The van der Waals surface area contributed by atoms with Gasteiger partial charge in [-0.1, -0.05) is 12.1 Å². The highest BCUT2D eigenvalue weighted by Crippen LogP contribution is 2.19. The zero-order valence-electron chi connectivity index (χ0n) is 6.48. The average molecular weight is 203 g/mol. The molecule has 0 aliphatic rings. The number of sulfonamides is 1. The standard InChI is InChI=1S/C7H9NO2S2/c1-12(9,10)8-6-4-2-3-5-7(6)11/h2-5,8,11H,1H3. The third kappa shape index (κ3) is 2.75. The Morgan fingerprint density at radius 3 is 2.42 bits per heavy atom. The molecule has 1 aromatic rings. The van der Waals surface area contributed by atoms with Gasteiger partial charge in [0.2, 0.25) is 10.0 Å². The summed E-state index contributed by atoms with van der Waals surface area (Å²) in [7, 11) is -3.20. The largest absolute Gasteiger partial charge is 0.283 e. The first kappa shape index (κ1) is 9.41. The van der Waals surface area contributed by atoms with Crippen LogP contribution in [-0.2, 0) is 10.0 Å². The van der Waals surface area contributed by atoms with Crippen LogP contribution in [0.2, 0.25) is 0 Å². The molecule has 0 aromatic heterocycles. The van der Waals surface area contributed by atoms with Gasteiger partial charge >= 0.3 is 0 Å². The van der Waals surface area contributed by atoms with E-state index >= 15 is 0 Å². The minimum atomic E-state index is -3.20. The van der Waals surface area contributed by atoms with Crippen molar-refractivity contribution in [2.75, 3.05) is 11.0 Å². The number of anilines is 1. The topological polar surface area (TPSA) is 46.2 Å². The fraction of sp³-hybridized carbons (Fsp3) is 0.143. The number of hydrogen-bond donors (Lipinski definition) is 2. The summed E-state index contributed by atoms with van der Waals surface area (Å²) in [6.07, 6.45) is 1.10. The summed E-state index contributed by atoms with van der Waals surface area (Å²) < 4.78 is 24.0. The van der Waals surface area contributed by atoms with Crippen molar-refractivity contribution >= 4 is 28.3 Å². The molecule has 0 saturated carbocycles. The van der Waals surface area contributed by atoms with Crippen LogP contribution in [0.25, 0.3) is 0 Å². The van der Waals surface area contributed by atoms with Gasteiger partial charge in [0.05, 0.1) is 11.9 Å². The predicted octanol–water partition coefficient (Wildman–Crippen LogP) is 1.35. The summed E-state index contributed by atoms with van der Waals surface area (Å²) in [5, 5.41) is 0. The van der Waals surface area contributed by atoms with Gasteiger partial charge in [-0.05, 0) is 12.1 Å². The van der Waals surface area contributed by atoms with Crippen LogP contribution in [0.5, 0.6) is 0 Å². The summed E-state index contributed by atoms with van der Waals surface area (Å²) >= 11 is 4.08. The minimum Gasteiger partial charge on any atom is -0.283 e. The molecule has 0 bridgehead atoms. The van der Waals surface area contributed by atoms with Crippen molar-refractivity contribution in [3.8, 4) is 0 Å². The van der Waals surface area contributed by atoms with Crippen LogP contribution in [0.1, 0.15) is 0 Å². The van der Waals surface area contributed by atoms with Gasteiger partial charge in [-0.3, -0.25) is 4.72 Å². The molecule has 0 saturated heterocycles. The van der Waals surface area contributed by atoms with E-state index in [2.05, 4.69) is 17.4 Å². The van der Waals surface area contributed by atoms with Crippen LogP contribution in [0.15, 0.2) is 29.2 Å². The highest BCUT2D eigenvalue weighted by molar-refractivity contribution is 7.92. The first-order valence-electron chi connectivity index (χ1n) is 3.25. The third-order valence-corrected chi connectivity index (χ3v) is 2.18. The number of nitrogens with one attached hydrogen (secondary N) is 1. The van der Waals surface area contributed by atoms with Crippen LogP contribution in [0.3, 0.4) is 0 Å². The lowest BCUT2D eigenvalue weighted by molar-refractivity contribution is 0.606. The van der Waals surface area contributed by atoms with Crippen LogP contribution in [0.4, 0.5) is 5.69 Å². The van der Waals surface area contributed by atoms with Crippen molar-refractivity contribution in [1.82, 2.24) is 0 Å². The lowest BCUT2D eigenvalue weighted by Crippen LogP contribution is -2.09. The van der Waals surface area contributed by atoms with Crippen molar-refractivity contribution in [2.45, 2.75) is 4.90 Å². The summed E-state index contributed by atoms with van der Waals surface area (Å²) in [5.74, 6) is 0. The molecule has 3 nitrogen and oxygen atoms in total. The van der Waals surface area contributed by atoms with Gasteiger partial charge < -0.3 is 0 Å². The molecule has 0 amide bonds. The monoisotopic (exact) mass is 203 g/mol. The van der Waals surface area contributed by atoms with E-state index in [4.69, 9.17) is 0 Å². The zero-order valence-corrected chi connectivity index (χ0v) is 8.19. The average Bonchev–Trinajstić information content (AvgIpc) is 1.91. The molecular weight excluding hydrogens is 194 g/mol.